The highest BCUT2D eigenvalue weighted by molar-refractivity contribution is 6.03. The molecule has 2 heterocycles. The van der Waals surface area contributed by atoms with E-state index >= 15 is 0 Å². The van der Waals surface area contributed by atoms with E-state index in [9.17, 15) is 9.59 Å². The Balaban J connectivity index is 1.90. The van der Waals surface area contributed by atoms with Gasteiger partial charge in [0.1, 0.15) is 0 Å². The van der Waals surface area contributed by atoms with E-state index in [0.29, 0.717) is 27.1 Å². The number of aromatic amines is 1. The molecule has 0 aliphatic heterocycles. The third-order valence-corrected chi connectivity index (χ3v) is 6.85. The van der Waals surface area contributed by atoms with Gasteiger partial charge in [-0.2, -0.15) is 0 Å². The largest absolute Gasteiger partial charge is 0.354 e. The molecule has 0 radical (unpaired) electrons. The van der Waals surface area contributed by atoms with Gasteiger partial charge in [-0.25, -0.2) is 0 Å². The monoisotopic (exact) mass is 438 g/mol. The molecule has 0 atom stereocenters. The van der Waals surface area contributed by atoms with Gasteiger partial charge in [-0.1, -0.05) is 53.7 Å². The Labute approximate surface area is 192 Å². The topological polar surface area (TPSA) is 54.9 Å². The smallest absolute Gasteiger partial charge is 0.197 e. The summed E-state index contributed by atoms with van der Waals surface area (Å²) in [5.41, 5.74) is 5.24. The first-order valence-corrected chi connectivity index (χ1v) is 11.4. The molecule has 1 N–H and O–H groups in total. The fourth-order valence-electron chi connectivity index (χ4n) is 4.69. The second-order valence-electron chi connectivity index (χ2n) is 11.2. The van der Waals surface area contributed by atoms with Gasteiger partial charge in [-0.3, -0.25) is 9.59 Å². The van der Waals surface area contributed by atoms with Gasteiger partial charge in [0, 0.05) is 34.1 Å². The molecule has 33 heavy (non-hydrogen) atoms. The maximum Gasteiger partial charge on any atom is 0.197 e. The normalized spacial score (nSPS) is 12.9. The van der Waals surface area contributed by atoms with Gasteiger partial charge in [-0.15, -0.1) is 0 Å². The van der Waals surface area contributed by atoms with Crippen LogP contribution in [-0.4, -0.2) is 9.55 Å². The summed E-state index contributed by atoms with van der Waals surface area (Å²) in [4.78, 5) is 30.5. The van der Waals surface area contributed by atoms with Crippen LogP contribution in [0.4, 0.5) is 0 Å². The van der Waals surface area contributed by atoms with Crippen molar-refractivity contribution in [1.29, 1.82) is 0 Å². The molecule has 0 aliphatic carbocycles. The number of aromatic nitrogens is 2. The van der Waals surface area contributed by atoms with Crippen molar-refractivity contribution in [2.45, 2.75) is 52.4 Å². The number of fused-ring (bicyclic) bond motifs is 4. The minimum absolute atomic E-state index is 0.00451. The summed E-state index contributed by atoms with van der Waals surface area (Å²) in [6.07, 6.45) is 0. The number of hydrogen-bond donors (Lipinski definition) is 1. The lowest BCUT2D eigenvalue weighted by atomic mass is 9.86. The van der Waals surface area contributed by atoms with Gasteiger partial charge in [0.05, 0.1) is 16.6 Å². The molecule has 0 aliphatic rings. The zero-order chi connectivity index (χ0) is 23.9. The fourth-order valence-corrected chi connectivity index (χ4v) is 4.69. The molecule has 4 heteroatoms. The predicted molar refractivity (Wildman–Crippen MR) is 140 cm³/mol. The SMILES string of the molecule is Cn1c2ccc(C(C)(C)C)cc2c(=O)c2cc3[nH]c4ccc(C(C)(C)C)cc4c(=O)c3cc21. The Kier molecular flexibility index (Phi) is 4.42. The highest BCUT2D eigenvalue weighted by Gasteiger charge is 2.19. The van der Waals surface area contributed by atoms with E-state index in [1.54, 1.807) is 0 Å². The highest BCUT2D eigenvalue weighted by Crippen LogP contribution is 2.29. The maximum atomic E-state index is 13.6. The summed E-state index contributed by atoms with van der Waals surface area (Å²) >= 11 is 0. The van der Waals surface area contributed by atoms with Gasteiger partial charge in [0.15, 0.2) is 10.9 Å². The lowest BCUT2D eigenvalue weighted by Crippen LogP contribution is -2.15. The number of aryl methyl sites for hydroxylation is 1. The lowest BCUT2D eigenvalue weighted by molar-refractivity contribution is 0.591. The number of pyridine rings is 2. The van der Waals surface area contributed by atoms with Crippen LogP contribution in [0, 0.1) is 0 Å². The third-order valence-electron chi connectivity index (χ3n) is 6.85. The molecular weight excluding hydrogens is 408 g/mol. The highest BCUT2D eigenvalue weighted by atomic mass is 16.1. The summed E-state index contributed by atoms with van der Waals surface area (Å²) in [5, 5.41) is 2.59. The molecule has 0 amide bonds. The van der Waals surface area contributed by atoms with E-state index < -0.39 is 0 Å². The van der Waals surface area contributed by atoms with Crippen LogP contribution in [0.1, 0.15) is 52.7 Å². The van der Waals surface area contributed by atoms with Crippen molar-refractivity contribution in [3.63, 3.8) is 0 Å². The van der Waals surface area contributed by atoms with Crippen molar-refractivity contribution in [2.75, 3.05) is 0 Å². The number of rotatable bonds is 0. The number of hydrogen-bond acceptors (Lipinski definition) is 2. The van der Waals surface area contributed by atoms with Crippen molar-refractivity contribution in [3.8, 4) is 0 Å². The molecule has 2 aromatic heterocycles. The molecule has 3 aromatic carbocycles. The molecule has 0 fully saturated rings. The summed E-state index contributed by atoms with van der Waals surface area (Å²) < 4.78 is 2.02. The van der Waals surface area contributed by atoms with Crippen LogP contribution >= 0.6 is 0 Å². The van der Waals surface area contributed by atoms with E-state index in [1.807, 2.05) is 48.0 Å². The van der Waals surface area contributed by atoms with E-state index in [-0.39, 0.29) is 21.7 Å². The van der Waals surface area contributed by atoms with Crippen molar-refractivity contribution < 1.29 is 0 Å². The first-order chi connectivity index (χ1) is 15.4. The quantitative estimate of drug-likeness (QED) is 0.289. The Hall–Kier alpha value is -3.40. The van der Waals surface area contributed by atoms with Crippen LogP contribution < -0.4 is 10.9 Å². The first-order valence-electron chi connectivity index (χ1n) is 11.4. The van der Waals surface area contributed by atoms with E-state index in [0.717, 1.165) is 27.7 Å². The number of H-pyrrole nitrogens is 1. The van der Waals surface area contributed by atoms with Crippen molar-refractivity contribution in [3.05, 3.63) is 80.1 Å². The first kappa shape index (κ1) is 21.4. The molecule has 4 nitrogen and oxygen atoms in total. The Bertz CT molecular complexity index is 1720. The Morgan fingerprint density at radius 1 is 0.606 bits per heavy atom. The second kappa shape index (κ2) is 6.80. The molecule has 0 saturated heterocycles. The van der Waals surface area contributed by atoms with Gasteiger partial charge in [-0.05, 0) is 58.4 Å². The van der Waals surface area contributed by atoms with Crippen molar-refractivity contribution in [1.82, 2.24) is 9.55 Å². The molecule has 0 spiro atoms. The predicted octanol–water partition coefficient (Wildman–Crippen LogP) is 6.28. The van der Waals surface area contributed by atoms with E-state index in [4.69, 9.17) is 0 Å². The summed E-state index contributed by atoms with van der Waals surface area (Å²) in [7, 11) is 1.96. The Morgan fingerprint density at radius 2 is 1.12 bits per heavy atom. The molecule has 0 bridgehead atoms. The number of nitrogens with zero attached hydrogens (tertiary/aromatic N) is 1. The minimum atomic E-state index is -0.0480. The maximum absolute atomic E-state index is 13.6. The van der Waals surface area contributed by atoms with E-state index in [1.165, 1.54) is 0 Å². The standard InChI is InChI=1S/C29H30N2O2/c1-28(2,3)16-8-10-22-18(12-16)26(32)19-15-25-21(14-23(19)30-22)27(33)20-13-17(29(4,5)6)9-11-24(20)31(25)7/h8-15H,1-7H3,(H,30,32). The zero-order valence-electron chi connectivity index (χ0n) is 20.4. The van der Waals surface area contributed by atoms with Gasteiger partial charge < -0.3 is 9.55 Å². The van der Waals surface area contributed by atoms with Gasteiger partial charge >= 0.3 is 0 Å². The van der Waals surface area contributed by atoms with Gasteiger partial charge in [0.25, 0.3) is 0 Å². The second-order valence-corrected chi connectivity index (χ2v) is 11.2. The Morgan fingerprint density at radius 3 is 1.76 bits per heavy atom. The summed E-state index contributed by atoms with van der Waals surface area (Å²) in [5.74, 6) is 0. The molecule has 5 rings (SSSR count). The van der Waals surface area contributed by atoms with Crippen LogP contribution in [0.3, 0.4) is 0 Å². The van der Waals surface area contributed by atoms with E-state index in [2.05, 4.69) is 58.7 Å². The molecule has 168 valence electrons. The summed E-state index contributed by atoms with van der Waals surface area (Å²) in [6.45, 7) is 12.9. The van der Waals surface area contributed by atoms with Crippen LogP contribution in [0.5, 0.6) is 0 Å². The molecule has 5 aromatic rings. The zero-order valence-corrected chi connectivity index (χ0v) is 20.4. The average molecular weight is 439 g/mol. The molecule has 0 saturated carbocycles. The number of benzene rings is 3. The number of nitrogens with one attached hydrogen (secondary N) is 1. The fraction of sp³-hybridized carbons (Fsp3) is 0.310. The van der Waals surface area contributed by atoms with Crippen LogP contribution in [-0.2, 0) is 17.9 Å². The third kappa shape index (κ3) is 3.28. The molecular formula is C29H30N2O2. The lowest BCUT2D eigenvalue weighted by Gasteiger charge is -2.20. The van der Waals surface area contributed by atoms with Gasteiger partial charge in [0.2, 0.25) is 0 Å². The van der Waals surface area contributed by atoms with Crippen LogP contribution in [0.15, 0.2) is 58.1 Å². The van der Waals surface area contributed by atoms with Crippen LogP contribution in [0.2, 0.25) is 0 Å². The van der Waals surface area contributed by atoms with Crippen molar-refractivity contribution in [2.24, 2.45) is 7.05 Å². The minimum Gasteiger partial charge on any atom is -0.354 e. The van der Waals surface area contributed by atoms with Crippen LogP contribution in [0.25, 0.3) is 43.6 Å². The summed E-state index contributed by atoms with van der Waals surface area (Å²) in [6, 6.07) is 15.8. The molecule has 0 unspecified atom stereocenters. The average Bonchev–Trinajstić information content (AvgIpc) is 2.75. The van der Waals surface area contributed by atoms with Crippen molar-refractivity contribution >= 4 is 43.6 Å².